The van der Waals surface area contributed by atoms with Gasteiger partial charge in [-0.25, -0.2) is 12.8 Å². The molecule has 30 heavy (non-hydrogen) atoms. The van der Waals surface area contributed by atoms with E-state index in [1.807, 2.05) is 0 Å². The molecule has 10 heteroatoms. The van der Waals surface area contributed by atoms with E-state index in [0.717, 1.165) is 12.1 Å². The van der Waals surface area contributed by atoms with Crippen LogP contribution in [0.1, 0.15) is 12.8 Å². The van der Waals surface area contributed by atoms with Gasteiger partial charge in [0.25, 0.3) is 0 Å². The van der Waals surface area contributed by atoms with Crippen LogP contribution in [0.5, 0.6) is 0 Å². The maximum absolute atomic E-state index is 13.0. The van der Waals surface area contributed by atoms with E-state index in [4.69, 9.17) is 11.6 Å². The fourth-order valence-electron chi connectivity index (χ4n) is 3.07. The summed E-state index contributed by atoms with van der Waals surface area (Å²) in [4.78, 5) is 26.0. The Morgan fingerprint density at radius 3 is 2.13 bits per heavy atom. The topological polar surface area (TPSA) is 86.8 Å². The van der Waals surface area contributed by atoms with Crippen molar-refractivity contribution in [1.29, 1.82) is 0 Å². The minimum atomic E-state index is -3.74. The number of benzene rings is 2. The van der Waals surface area contributed by atoms with E-state index in [0.29, 0.717) is 10.7 Å². The fraction of sp³-hybridized carbons (Fsp3) is 0.300. The lowest BCUT2D eigenvalue weighted by atomic mass is 10.2. The van der Waals surface area contributed by atoms with E-state index in [1.165, 1.54) is 16.4 Å². The summed E-state index contributed by atoms with van der Waals surface area (Å²) in [6.45, 7) is 0.751. The quantitative estimate of drug-likeness (QED) is 0.728. The van der Waals surface area contributed by atoms with E-state index in [9.17, 15) is 22.4 Å². The van der Waals surface area contributed by atoms with Gasteiger partial charge in [-0.1, -0.05) is 11.6 Å². The van der Waals surface area contributed by atoms with Crippen molar-refractivity contribution in [3.63, 3.8) is 0 Å². The van der Waals surface area contributed by atoms with E-state index < -0.39 is 15.8 Å². The average Bonchev–Trinajstić information content (AvgIpc) is 2.74. The summed E-state index contributed by atoms with van der Waals surface area (Å²) in [5, 5.41) is 3.25. The molecule has 2 amide bonds. The van der Waals surface area contributed by atoms with Crippen LogP contribution in [0.25, 0.3) is 0 Å². The number of rotatable bonds is 6. The number of sulfonamides is 1. The predicted octanol–water partition coefficient (Wildman–Crippen LogP) is 2.73. The second kappa shape index (κ2) is 9.55. The van der Waals surface area contributed by atoms with Crippen LogP contribution in [0.2, 0.25) is 5.02 Å². The molecule has 0 spiro atoms. The molecule has 0 unspecified atom stereocenters. The molecule has 160 valence electrons. The Morgan fingerprint density at radius 1 is 0.933 bits per heavy atom. The van der Waals surface area contributed by atoms with Crippen LogP contribution in [-0.4, -0.2) is 55.6 Å². The van der Waals surface area contributed by atoms with Crippen molar-refractivity contribution in [3.05, 3.63) is 59.4 Å². The van der Waals surface area contributed by atoms with Gasteiger partial charge < -0.3 is 10.2 Å². The normalized spacial score (nSPS) is 15.1. The Kier molecular flexibility index (Phi) is 7.06. The number of hydrogen-bond donors (Lipinski definition) is 1. The zero-order chi connectivity index (χ0) is 21.7. The van der Waals surface area contributed by atoms with Crippen molar-refractivity contribution in [2.75, 3.05) is 31.5 Å². The first-order chi connectivity index (χ1) is 14.3. The summed E-state index contributed by atoms with van der Waals surface area (Å²) in [5.74, 6) is -1.01. The van der Waals surface area contributed by atoms with Crippen molar-refractivity contribution in [2.24, 2.45) is 0 Å². The Hall–Kier alpha value is -2.49. The highest BCUT2D eigenvalue weighted by atomic mass is 35.5. The second-order valence-electron chi connectivity index (χ2n) is 6.79. The molecule has 1 aliphatic heterocycles. The molecule has 0 bridgehead atoms. The van der Waals surface area contributed by atoms with Crippen molar-refractivity contribution in [2.45, 2.75) is 17.7 Å². The molecule has 1 heterocycles. The number of amides is 2. The summed E-state index contributed by atoms with van der Waals surface area (Å²) < 4.78 is 39.6. The smallest absolute Gasteiger partial charge is 0.243 e. The summed E-state index contributed by atoms with van der Waals surface area (Å²) in [5.41, 5.74) is 0.594. The third-order valence-corrected chi connectivity index (χ3v) is 6.90. The molecule has 0 atom stereocenters. The van der Waals surface area contributed by atoms with E-state index in [-0.39, 0.29) is 55.7 Å². The van der Waals surface area contributed by atoms with Crippen molar-refractivity contribution in [3.8, 4) is 0 Å². The monoisotopic (exact) mass is 453 g/mol. The van der Waals surface area contributed by atoms with Crippen LogP contribution in [0, 0.1) is 5.82 Å². The molecular weight excluding hydrogens is 433 g/mol. The maximum atomic E-state index is 13.0. The molecule has 2 aromatic carbocycles. The largest absolute Gasteiger partial charge is 0.340 e. The van der Waals surface area contributed by atoms with Crippen LogP contribution < -0.4 is 5.32 Å². The first kappa shape index (κ1) is 22.2. The molecule has 1 N–H and O–H groups in total. The van der Waals surface area contributed by atoms with Gasteiger partial charge in [0.1, 0.15) is 5.82 Å². The highest BCUT2D eigenvalue weighted by Gasteiger charge is 2.30. The zero-order valence-corrected chi connectivity index (χ0v) is 17.6. The SMILES string of the molecule is O=C(CCC(=O)N1CCN(S(=O)(=O)c2ccc(F)cc2)CC1)Nc1ccc(Cl)cc1. The molecule has 0 radical (unpaired) electrons. The van der Waals surface area contributed by atoms with Crippen LogP contribution >= 0.6 is 11.6 Å². The Morgan fingerprint density at radius 2 is 1.53 bits per heavy atom. The third-order valence-electron chi connectivity index (χ3n) is 4.74. The van der Waals surface area contributed by atoms with Crippen LogP contribution in [0.3, 0.4) is 0 Å². The highest BCUT2D eigenvalue weighted by molar-refractivity contribution is 7.89. The maximum Gasteiger partial charge on any atom is 0.243 e. The molecule has 0 aromatic heterocycles. The van der Waals surface area contributed by atoms with Crippen LogP contribution in [0.4, 0.5) is 10.1 Å². The summed E-state index contributed by atoms with van der Waals surface area (Å²) in [6, 6.07) is 11.3. The molecular formula is C20H21ClFN3O4S. The molecule has 1 saturated heterocycles. The van der Waals surface area contributed by atoms with Crippen molar-refractivity contribution >= 4 is 39.1 Å². The molecule has 0 aliphatic carbocycles. The highest BCUT2D eigenvalue weighted by Crippen LogP contribution is 2.19. The number of nitrogens with zero attached hydrogens (tertiary/aromatic N) is 2. The number of hydrogen-bond acceptors (Lipinski definition) is 4. The van der Waals surface area contributed by atoms with Gasteiger partial charge in [0.2, 0.25) is 21.8 Å². The third kappa shape index (κ3) is 5.56. The van der Waals surface area contributed by atoms with Gasteiger partial charge in [-0.2, -0.15) is 4.31 Å². The molecule has 3 rings (SSSR count). The van der Waals surface area contributed by atoms with Crippen LogP contribution in [-0.2, 0) is 19.6 Å². The van der Waals surface area contributed by atoms with Crippen molar-refractivity contribution < 1.29 is 22.4 Å². The van der Waals surface area contributed by atoms with E-state index >= 15 is 0 Å². The molecule has 0 saturated carbocycles. The molecule has 1 fully saturated rings. The first-order valence-electron chi connectivity index (χ1n) is 9.34. The van der Waals surface area contributed by atoms with E-state index in [1.54, 1.807) is 29.2 Å². The molecule has 2 aromatic rings. The standard InChI is InChI=1S/C20H21ClFN3O4S/c21-15-1-5-17(6-2-15)23-19(26)9-10-20(27)24-11-13-25(14-12-24)30(28,29)18-7-3-16(22)4-8-18/h1-8H,9-14H2,(H,23,26). The van der Waals surface area contributed by atoms with Crippen molar-refractivity contribution in [1.82, 2.24) is 9.21 Å². The van der Waals surface area contributed by atoms with Gasteiger partial charge in [-0.15, -0.1) is 0 Å². The van der Waals surface area contributed by atoms with Gasteiger partial charge in [-0.3, -0.25) is 9.59 Å². The van der Waals surface area contributed by atoms with Gasteiger partial charge in [0, 0.05) is 49.7 Å². The first-order valence-corrected chi connectivity index (χ1v) is 11.2. The summed E-state index contributed by atoms with van der Waals surface area (Å²) in [7, 11) is -3.74. The predicted molar refractivity (Wildman–Crippen MR) is 111 cm³/mol. The summed E-state index contributed by atoms with van der Waals surface area (Å²) >= 11 is 5.80. The minimum Gasteiger partial charge on any atom is -0.340 e. The summed E-state index contributed by atoms with van der Waals surface area (Å²) in [6.07, 6.45) is 0.0552. The van der Waals surface area contributed by atoms with Gasteiger partial charge >= 0.3 is 0 Å². The fourth-order valence-corrected chi connectivity index (χ4v) is 4.62. The Bertz CT molecular complexity index is 1010. The lowest BCUT2D eigenvalue weighted by molar-refractivity contribution is -0.133. The number of carbonyl (C=O) groups excluding carboxylic acids is 2. The van der Waals surface area contributed by atoms with E-state index in [2.05, 4.69) is 5.32 Å². The van der Waals surface area contributed by atoms with Gasteiger partial charge in [0.05, 0.1) is 4.90 Å². The van der Waals surface area contributed by atoms with Gasteiger partial charge in [0.15, 0.2) is 0 Å². The van der Waals surface area contributed by atoms with Gasteiger partial charge in [-0.05, 0) is 48.5 Å². The Labute approximate surface area is 179 Å². The number of piperazine rings is 1. The number of carbonyl (C=O) groups is 2. The number of anilines is 1. The second-order valence-corrected chi connectivity index (χ2v) is 9.17. The van der Waals surface area contributed by atoms with Crippen LogP contribution in [0.15, 0.2) is 53.4 Å². The minimum absolute atomic E-state index is 0.0162. The number of halogens is 2. The lowest BCUT2D eigenvalue weighted by Gasteiger charge is -2.34. The Balaban J connectivity index is 1.47. The number of nitrogens with one attached hydrogen (secondary N) is 1. The molecule has 1 aliphatic rings. The zero-order valence-electron chi connectivity index (χ0n) is 16.1. The average molecular weight is 454 g/mol. The lowest BCUT2D eigenvalue weighted by Crippen LogP contribution is -2.50. The molecule has 7 nitrogen and oxygen atoms in total.